The van der Waals surface area contributed by atoms with Gasteiger partial charge in [0.2, 0.25) is 0 Å². The van der Waals surface area contributed by atoms with Crippen molar-refractivity contribution in [3.8, 4) is 0 Å². The highest BCUT2D eigenvalue weighted by molar-refractivity contribution is 4.99. The molecule has 0 aromatic carbocycles. The van der Waals surface area contributed by atoms with Crippen LogP contribution in [0.4, 0.5) is 0 Å². The molecule has 2 fully saturated rings. The van der Waals surface area contributed by atoms with Gasteiger partial charge >= 0.3 is 0 Å². The lowest BCUT2D eigenvalue weighted by molar-refractivity contribution is -0.0630. The molecule has 136 valence electrons. The first kappa shape index (κ1) is 17.8. The van der Waals surface area contributed by atoms with E-state index in [0.717, 1.165) is 44.6 Å². The minimum atomic E-state index is -0.475. The molecule has 0 radical (unpaired) electrons. The SMILES string of the molecule is Cc1cnn(CC2CN(CC(O)COCC3CCCO3)CCO2)c1. The number of hydrogen-bond acceptors (Lipinski definition) is 6. The van der Waals surface area contributed by atoms with Gasteiger partial charge in [0.25, 0.3) is 0 Å². The monoisotopic (exact) mass is 339 g/mol. The minimum Gasteiger partial charge on any atom is -0.389 e. The Morgan fingerprint density at radius 2 is 2.25 bits per heavy atom. The average molecular weight is 339 g/mol. The van der Waals surface area contributed by atoms with E-state index >= 15 is 0 Å². The summed E-state index contributed by atoms with van der Waals surface area (Å²) in [4.78, 5) is 2.24. The van der Waals surface area contributed by atoms with Crippen molar-refractivity contribution in [3.05, 3.63) is 18.0 Å². The van der Waals surface area contributed by atoms with E-state index in [0.29, 0.717) is 26.4 Å². The molecule has 3 heterocycles. The Morgan fingerprint density at radius 3 is 3.00 bits per heavy atom. The third kappa shape index (κ3) is 5.53. The van der Waals surface area contributed by atoms with E-state index in [-0.39, 0.29) is 12.2 Å². The Balaban J connectivity index is 1.34. The number of aliphatic hydroxyl groups is 1. The molecule has 2 saturated heterocycles. The van der Waals surface area contributed by atoms with E-state index in [1.807, 2.05) is 24.0 Å². The van der Waals surface area contributed by atoms with Crippen LogP contribution >= 0.6 is 0 Å². The van der Waals surface area contributed by atoms with Crippen molar-refractivity contribution < 1.29 is 19.3 Å². The van der Waals surface area contributed by atoms with Gasteiger partial charge in [0, 0.05) is 32.4 Å². The summed E-state index contributed by atoms with van der Waals surface area (Å²) in [6.45, 7) is 7.51. The van der Waals surface area contributed by atoms with E-state index in [1.54, 1.807) is 0 Å². The van der Waals surface area contributed by atoms with Gasteiger partial charge in [-0.2, -0.15) is 5.10 Å². The molecule has 3 unspecified atom stereocenters. The Hall–Kier alpha value is -0.990. The zero-order valence-corrected chi connectivity index (χ0v) is 14.5. The van der Waals surface area contributed by atoms with Gasteiger partial charge in [0.15, 0.2) is 0 Å². The molecule has 0 spiro atoms. The zero-order chi connectivity index (χ0) is 16.8. The molecule has 0 amide bonds. The van der Waals surface area contributed by atoms with Crippen LogP contribution in [0.5, 0.6) is 0 Å². The molecule has 1 aromatic rings. The fourth-order valence-electron chi connectivity index (χ4n) is 3.29. The van der Waals surface area contributed by atoms with Crippen LogP contribution < -0.4 is 0 Å². The lowest BCUT2D eigenvalue weighted by atomic mass is 10.2. The predicted molar refractivity (Wildman–Crippen MR) is 88.9 cm³/mol. The van der Waals surface area contributed by atoms with Gasteiger partial charge in [-0.05, 0) is 25.3 Å². The first-order valence-corrected chi connectivity index (χ1v) is 8.89. The third-order valence-electron chi connectivity index (χ3n) is 4.48. The highest BCUT2D eigenvalue weighted by Crippen LogP contribution is 2.12. The molecule has 0 saturated carbocycles. The van der Waals surface area contributed by atoms with Gasteiger partial charge in [-0.15, -0.1) is 0 Å². The van der Waals surface area contributed by atoms with Gasteiger partial charge in [-0.25, -0.2) is 0 Å². The second kappa shape index (κ2) is 8.92. The summed E-state index contributed by atoms with van der Waals surface area (Å²) in [6, 6.07) is 0. The largest absolute Gasteiger partial charge is 0.389 e. The Bertz CT molecular complexity index is 490. The zero-order valence-electron chi connectivity index (χ0n) is 14.5. The summed E-state index contributed by atoms with van der Waals surface area (Å²) in [5, 5.41) is 14.5. The second-order valence-electron chi connectivity index (χ2n) is 6.82. The van der Waals surface area contributed by atoms with Crippen molar-refractivity contribution >= 4 is 0 Å². The minimum absolute atomic E-state index is 0.109. The van der Waals surface area contributed by atoms with Crippen LogP contribution in [-0.4, -0.2) is 84.2 Å². The average Bonchev–Trinajstić information content (AvgIpc) is 3.20. The lowest BCUT2D eigenvalue weighted by Crippen LogP contribution is -2.47. The van der Waals surface area contributed by atoms with E-state index in [1.165, 1.54) is 0 Å². The van der Waals surface area contributed by atoms with Gasteiger partial charge in [-0.1, -0.05) is 0 Å². The number of aliphatic hydroxyl groups excluding tert-OH is 1. The number of morpholine rings is 1. The smallest absolute Gasteiger partial charge is 0.0900 e. The van der Waals surface area contributed by atoms with Crippen molar-refractivity contribution in [2.75, 3.05) is 46.1 Å². The van der Waals surface area contributed by atoms with E-state index in [4.69, 9.17) is 14.2 Å². The fraction of sp³-hybridized carbons (Fsp3) is 0.824. The number of aromatic nitrogens is 2. The number of nitrogens with zero attached hydrogens (tertiary/aromatic N) is 3. The van der Waals surface area contributed by atoms with Gasteiger partial charge in [-0.3, -0.25) is 9.58 Å². The summed E-state index contributed by atoms with van der Waals surface area (Å²) in [5.74, 6) is 0. The summed E-state index contributed by atoms with van der Waals surface area (Å²) in [6.07, 6.45) is 5.90. The van der Waals surface area contributed by atoms with Crippen LogP contribution in [0, 0.1) is 6.92 Å². The van der Waals surface area contributed by atoms with Crippen LogP contribution in [0.3, 0.4) is 0 Å². The quantitative estimate of drug-likeness (QED) is 0.742. The maximum absolute atomic E-state index is 10.2. The van der Waals surface area contributed by atoms with Crippen LogP contribution in [0.15, 0.2) is 12.4 Å². The van der Waals surface area contributed by atoms with E-state index < -0.39 is 6.10 Å². The third-order valence-corrected chi connectivity index (χ3v) is 4.48. The standard InChI is InChI=1S/C17H29N3O4/c1-14-7-18-20(8-14)11-17-10-19(4-6-24-17)9-15(21)12-22-13-16-3-2-5-23-16/h7-8,15-17,21H,2-6,9-13H2,1H3. The first-order chi connectivity index (χ1) is 11.7. The molecule has 1 N–H and O–H groups in total. The molecule has 7 heteroatoms. The molecule has 0 bridgehead atoms. The van der Waals surface area contributed by atoms with Crippen molar-refractivity contribution in [2.24, 2.45) is 0 Å². The molecular weight excluding hydrogens is 310 g/mol. The lowest BCUT2D eigenvalue weighted by Gasteiger charge is -2.34. The van der Waals surface area contributed by atoms with Crippen LogP contribution in [-0.2, 0) is 20.8 Å². The van der Waals surface area contributed by atoms with Crippen molar-refractivity contribution in [1.82, 2.24) is 14.7 Å². The maximum atomic E-state index is 10.2. The van der Waals surface area contributed by atoms with Crippen molar-refractivity contribution in [3.63, 3.8) is 0 Å². The van der Waals surface area contributed by atoms with E-state index in [2.05, 4.69) is 10.00 Å². The summed E-state index contributed by atoms with van der Waals surface area (Å²) >= 11 is 0. The summed E-state index contributed by atoms with van der Waals surface area (Å²) in [5.41, 5.74) is 1.15. The molecular formula is C17H29N3O4. The number of β-amino-alcohol motifs (C(OH)–C–C–N with tert-alkyl or cyclic N) is 1. The predicted octanol–water partition coefficient (Wildman–Crippen LogP) is 0.449. The molecule has 2 aliphatic rings. The Kier molecular flexibility index (Phi) is 6.62. The normalized spacial score (nSPS) is 26.8. The molecule has 0 aliphatic carbocycles. The first-order valence-electron chi connectivity index (χ1n) is 8.89. The Morgan fingerprint density at radius 1 is 1.38 bits per heavy atom. The topological polar surface area (TPSA) is 69.0 Å². The maximum Gasteiger partial charge on any atom is 0.0900 e. The summed E-state index contributed by atoms with van der Waals surface area (Å²) < 4.78 is 18.9. The second-order valence-corrected chi connectivity index (χ2v) is 6.82. The Labute approximate surface area is 143 Å². The molecule has 1 aromatic heterocycles. The number of rotatable bonds is 8. The number of hydrogen-bond donors (Lipinski definition) is 1. The molecule has 7 nitrogen and oxygen atoms in total. The molecule has 2 aliphatic heterocycles. The number of ether oxygens (including phenoxy) is 3. The van der Waals surface area contributed by atoms with Gasteiger partial charge in [0.05, 0.1) is 50.9 Å². The van der Waals surface area contributed by atoms with Crippen molar-refractivity contribution in [1.29, 1.82) is 0 Å². The van der Waals surface area contributed by atoms with E-state index in [9.17, 15) is 5.11 Å². The van der Waals surface area contributed by atoms with Gasteiger partial charge in [0.1, 0.15) is 0 Å². The highest BCUT2D eigenvalue weighted by Gasteiger charge is 2.23. The van der Waals surface area contributed by atoms with Crippen LogP contribution in [0.25, 0.3) is 0 Å². The van der Waals surface area contributed by atoms with Gasteiger partial charge < -0.3 is 19.3 Å². The number of aryl methyl sites for hydroxylation is 1. The van der Waals surface area contributed by atoms with Crippen molar-refractivity contribution in [2.45, 2.75) is 44.6 Å². The fourth-order valence-corrected chi connectivity index (χ4v) is 3.29. The molecule has 3 rings (SSSR count). The van der Waals surface area contributed by atoms with Crippen LogP contribution in [0.1, 0.15) is 18.4 Å². The molecule has 3 atom stereocenters. The highest BCUT2D eigenvalue weighted by atomic mass is 16.5. The van der Waals surface area contributed by atoms with Crippen LogP contribution in [0.2, 0.25) is 0 Å². The molecule has 24 heavy (non-hydrogen) atoms. The summed E-state index contributed by atoms with van der Waals surface area (Å²) in [7, 11) is 0.